The first kappa shape index (κ1) is 11.8. The maximum absolute atomic E-state index is 11.0. The number of aliphatic hydroxyl groups is 1. The summed E-state index contributed by atoms with van der Waals surface area (Å²) in [6.45, 7) is 4.76. The highest BCUT2D eigenvalue weighted by atomic mass is 16.8. The third kappa shape index (κ3) is 1.73. The number of rotatable bonds is 2. The van der Waals surface area contributed by atoms with Crippen molar-refractivity contribution in [2.45, 2.75) is 57.2 Å². The molecule has 0 aromatic heterocycles. The van der Waals surface area contributed by atoms with E-state index in [4.69, 9.17) is 14.2 Å². The van der Waals surface area contributed by atoms with Gasteiger partial charge in [0.25, 0.3) is 0 Å². The molecule has 0 aromatic carbocycles. The van der Waals surface area contributed by atoms with Crippen molar-refractivity contribution in [1.29, 1.82) is 0 Å². The summed E-state index contributed by atoms with van der Waals surface area (Å²) in [7, 11) is 0. The van der Waals surface area contributed by atoms with E-state index in [0.29, 0.717) is 6.42 Å². The average Bonchev–Trinajstić information content (AvgIpc) is 2.58. The molecule has 0 unspecified atom stereocenters. The average molecular weight is 230 g/mol. The van der Waals surface area contributed by atoms with Gasteiger partial charge in [0.15, 0.2) is 11.4 Å². The highest BCUT2D eigenvalue weighted by molar-refractivity contribution is 5.66. The molecule has 2 rings (SSSR count). The van der Waals surface area contributed by atoms with Crippen LogP contribution in [0.4, 0.5) is 0 Å². The lowest BCUT2D eigenvalue weighted by Crippen LogP contribution is -2.50. The summed E-state index contributed by atoms with van der Waals surface area (Å²) in [4.78, 5) is 11.0. The molecule has 1 saturated carbocycles. The SMILES string of the molecule is CC(=O)O[C@@H]1CC[C@H]2OC(C)(C)O[C@@]12CO. The Bertz CT molecular complexity index is 301. The van der Waals surface area contributed by atoms with E-state index in [1.165, 1.54) is 6.92 Å². The van der Waals surface area contributed by atoms with Crippen LogP contribution in [0.5, 0.6) is 0 Å². The topological polar surface area (TPSA) is 65.0 Å². The molecule has 92 valence electrons. The zero-order valence-corrected chi connectivity index (χ0v) is 9.86. The number of aliphatic hydroxyl groups excluding tert-OH is 1. The summed E-state index contributed by atoms with van der Waals surface area (Å²) in [6, 6.07) is 0. The monoisotopic (exact) mass is 230 g/mol. The van der Waals surface area contributed by atoms with E-state index in [0.717, 1.165) is 6.42 Å². The summed E-state index contributed by atoms with van der Waals surface area (Å²) in [6.07, 6.45) is 0.793. The summed E-state index contributed by atoms with van der Waals surface area (Å²) >= 11 is 0. The van der Waals surface area contributed by atoms with Crippen LogP contribution in [0.25, 0.3) is 0 Å². The normalized spacial score (nSPS) is 40.8. The first-order chi connectivity index (χ1) is 7.39. The fraction of sp³-hybridized carbons (Fsp3) is 0.909. The lowest BCUT2D eigenvalue weighted by molar-refractivity contribution is -0.205. The van der Waals surface area contributed by atoms with Gasteiger partial charge in [0, 0.05) is 6.92 Å². The molecule has 1 aliphatic carbocycles. The minimum Gasteiger partial charge on any atom is -0.459 e. The summed E-state index contributed by atoms with van der Waals surface area (Å²) in [5, 5.41) is 9.55. The fourth-order valence-electron chi connectivity index (χ4n) is 2.71. The molecule has 0 spiro atoms. The molecule has 2 fully saturated rings. The van der Waals surface area contributed by atoms with E-state index in [1.807, 2.05) is 0 Å². The molecule has 0 bridgehead atoms. The molecule has 1 saturated heterocycles. The molecule has 1 N–H and O–H groups in total. The minimum atomic E-state index is -0.880. The first-order valence-corrected chi connectivity index (χ1v) is 5.56. The van der Waals surface area contributed by atoms with Crippen LogP contribution < -0.4 is 0 Å². The van der Waals surface area contributed by atoms with Crippen molar-refractivity contribution in [2.24, 2.45) is 0 Å². The van der Waals surface area contributed by atoms with Crippen LogP contribution in [0.2, 0.25) is 0 Å². The maximum atomic E-state index is 11.0. The van der Waals surface area contributed by atoms with E-state index in [2.05, 4.69) is 0 Å². The predicted octanol–water partition coefficient (Wildman–Crippen LogP) is 0.594. The summed E-state index contributed by atoms with van der Waals surface area (Å²) < 4.78 is 16.7. The van der Waals surface area contributed by atoms with Gasteiger partial charge in [-0.1, -0.05) is 0 Å². The van der Waals surface area contributed by atoms with Gasteiger partial charge in [0.1, 0.15) is 6.10 Å². The van der Waals surface area contributed by atoms with Crippen molar-refractivity contribution in [1.82, 2.24) is 0 Å². The van der Waals surface area contributed by atoms with E-state index in [9.17, 15) is 9.90 Å². The molecule has 1 aliphatic heterocycles. The number of fused-ring (bicyclic) bond motifs is 1. The van der Waals surface area contributed by atoms with E-state index in [-0.39, 0.29) is 18.7 Å². The Labute approximate surface area is 94.7 Å². The number of hydrogen-bond acceptors (Lipinski definition) is 5. The maximum Gasteiger partial charge on any atom is 0.303 e. The Morgan fingerprint density at radius 2 is 2.19 bits per heavy atom. The largest absolute Gasteiger partial charge is 0.459 e. The van der Waals surface area contributed by atoms with Crippen molar-refractivity contribution in [3.05, 3.63) is 0 Å². The second kappa shape index (κ2) is 3.68. The zero-order valence-electron chi connectivity index (χ0n) is 9.86. The fourth-order valence-corrected chi connectivity index (χ4v) is 2.71. The van der Waals surface area contributed by atoms with Crippen LogP contribution >= 0.6 is 0 Å². The van der Waals surface area contributed by atoms with E-state index < -0.39 is 17.5 Å². The number of carbonyl (C=O) groups excluding carboxylic acids is 1. The minimum absolute atomic E-state index is 0.195. The molecule has 3 atom stereocenters. The molecule has 0 radical (unpaired) electrons. The molecule has 0 amide bonds. The van der Waals surface area contributed by atoms with Crippen molar-refractivity contribution in [3.63, 3.8) is 0 Å². The number of hydrogen-bond donors (Lipinski definition) is 1. The highest BCUT2D eigenvalue weighted by Crippen LogP contribution is 2.47. The molecular weight excluding hydrogens is 212 g/mol. The highest BCUT2D eigenvalue weighted by Gasteiger charge is 2.62. The Morgan fingerprint density at radius 3 is 2.75 bits per heavy atom. The Morgan fingerprint density at radius 1 is 1.50 bits per heavy atom. The van der Waals surface area contributed by atoms with Gasteiger partial charge in [0.05, 0.1) is 12.7 Å². The second-order valence-corrected chi connectivity index (χ2v) is 4.90. The second-order valence-electron chi connectivity index (χ2n) is 4.90. The van der Waals surface area contributed by atoms with Gasteiger partial charge in [0.2, 0.25) is 0 Å². The Balaban J connectivity index is 2.21. The predicted molar refractivity (Wildman–Crippen MR) is 54.6 cm³/mol. The number of ether oxygens (including phenoxy) is 3. The zero-order chi connectivity index (χ0) is 12.0. The van der Waals surface area contributed by atoms with Crippen LogP contribution in [0.1, 0.15) is 33.6 Å². The standard InChI is InChI=1S/C11H18O5/c1-7(13)14-8-4-5-9-11(8,6-12)16-10(2,3)15-9/h8-9,12H,4-6H2,1-3H3/t8-,9-,11+/m1/s1. The van der Waals surface area contributed by atoms with Crippen LogP contribution in [-0.2, 0) is 19.0 Å². The van der Waals surface area contributed by atoms with Crippen LogP contribution in [0.3, 0.4) is 0 Å². The molecular formula is C11H18O5. The van der Waals surface area contributed by atoms with Gasteiger partial charge in [-0.05, 0) is 26.7 Å². The quantitative estimate of drug-likeness (QED) is 0.703. The van der Waals surface area contributed by atoms with Gasteiger partial charge >= 0.3 is 5.97 Å². The van der Waals surface area contributed by atoms with Crippen molar-refractivity contribution >= 4 is 5.97 Å². The third-order valence-corrected chi connectivity index (χ3v) is 3.20. The van der Waals surface area contributed by atoms with Gasteiger partial charge in [-0.25, -0.2) is 0 Å². The van der Waals surface area contributed by atoms with Crippen molar-refractivity contribution < 1.29 is 24.1 Å². The van der Waals surface area contributed by atoms with Gasteiger partial charge in [-0.15, -0.1) is 0 Å². The van der Waals surface area contributed by atoms with Crippen molar-refractivity contribution in [2.75, 3.05) is 6.61 Å². The first-order valence-electron chi connectivity index (χ1n) is 5.56. The molecule has 1 heterocycles. The molecule has 2 aliphatic rings. The lowest BCUT2D eigenvalue weighted by atomic mass is 9.99. The van der Waals surface area contributed by atoms with E-state index in [1.54, 1.807) is 13.8 Å². The summed E-state index contributed by atoms with van der Waals surface area (Å²) in [5.41, 5.74) is -0.880. The van der Waals surface area contributed by atoms with Crippen LogP contribution in [0.15, 0.2) is 0 Å². The lowest BCUT2D eigenvalue weighted by Gasteiger charge is -2.31. The Kier molecular flexibility index (Phi) is 2.72. The van der Waals surface area contributed by atoms with Crippen LogP contribution in [-0.4, -0.2) is 41.3 Å². The van der Waals surface area contributed by atoms with Gasteiger partial charge in [-0.3, -0.25) is 4.79 Å². The number of carbonyl (C=O) groups is 1. The molecule has 5 nitrogen and oxygen atoms in total. The van der Waals surface area contributed by atoms with Crippen LogP contribution in [0, 0.1) is 0 Å². The third-order valence-electron chi connectivity index (χ3n) is 3.20. The van der Waals surface area contributed by atoms with E-state index >= 15 is 0 Å². The molecule has 0 aromatic rings. The smallest absolute Gasteiger partial charge is 0.303 e. The summed E-state index contributed by atoms with van der Waals surface area (Å²) in [5.74, 6) is -1.08. The van der Waals surface area contributed by atoms with Gasteiger partial charge in [-0.2, -0.15) is 0 Å². The molecule has 16 heavy (non-hydrogen) atoms. The van der Waals surface area contributed by atoms with Gasteiger partial charge < -0.3 is 19.3 Å². The van der Waals surface area contributed by atoms with Crippen molar-refractivity contribution in [3.8, 4) is 0 Å². The molecule has 5 heteroatoms. The number of esters is 1. The Hall–Kier alpha value is -0.650.